The van der Waals surface area contributed by atoms with Crippen molar-refractivity contribution >= 4 is 103 Å². The number of nitrogens with one attached hydrogen (secondary N) is 1. The van der Waals surface area contributed by atoms with Crippen molar-refractivity contribution in [3.8, 4) is 11.8 Å². The summed E-state index contributed by atoms with van der Waals surface area (Å²) in [7, 11) is 0. The largest absolute Gasteiger partial charge is 0.487 e. The van der Waals surface area contributed by atoms with Gasteiger partial charge in [0, 0.05) is 0 Å². The van der Waals surface area contributed by atoms with Crippen molar-refractivity contribution in [2.45, 2.75) is 6.61 Å². The fourth-order valence-electron chi connectivity index (χ4n) is 2.69. The lowest BCUT2D eigenvalue weighted by Crippen LogP contribution is -2.13. The summed E-state index contributed by atoms with van der Waals surface area (Å²) in [5, 5.41) is 13.5. The maximum atomic E-state index is 12.6. The van der Waals surface area contributed by atoms with Gasteiger partial charge in [-0.2, -0.15) is 5.26 Å². The Morgan fingerprint density at radius 2 is 1.85 bits per heavy atom. The minimum Gasteiger partial charge on any atom is -0.487 e. The Bertz CT molecular complexity index is 1290. The van der Waals surface area contributed by atoms with Gasteiger partial charge in [-0.25, -0.2) is 0 Å². The van der Waals surface area contributed by atoms with Crippen LogP contribution >= 0.6 is 84.9 Å². The lowest BCUT2D eigenvalue weighted by molar-refractivity contribution is -0.112. The Kier molecular flexibility index (Phi) is 9.34. The van der Waals surface area contributed by atoms with Crippen molar-refractivity contribution in [2.24, 2.45) is 0 Å². The molecule has 168 valence electrons. The highest BCUT2D eigenvalue weighted by molar-refractivity contribution is 14.1. The summed E-state index contributed by atoms with van der Waals surface area (Å²) in [5.41, 5.74) is 1.71. The zero-order valence-corrected chi connectivity index (χ0v) is 23.2. The van der Waals surface area contributed by atoms with Crippen molar-refractivity contribution in [1.29, 1.82) is 5.26 Å². The molecule has 1 amide bonds. The Morgan fingerprint density at radius 1 is 1.09 bits per heavy atom. The van der Waals surface area contributed by atoms with Crippen molar-refractivity contribution in [2.75, 3.05) is 5.32 Å². The Morgan fingerprint density at radius 3 is 2.52 bits per heavy atom. The van der Waals surface area contributed by atoms with E-state index < -0.39 is 5.91 Å². The van der Waals surface area contributed by atoms with Crippen LogP contribution in [0.2, 0.25) is 20.1 Å². The van der Waals surface area contributed by atoms with Gasteiger partial charge in [-0.15, -0.1) is 0 Å². The smallest absolute Gasteiger partial charge is 0.266 e. The molecule has 0 radical (unpaired) electrons. The third-order valence-corrected chi connectivity index (χ3v) is 7.21. The van der Waals surface area contributed by atoms with E-state index in [4.69, 9.17) is 51.1 Å². The number of halogens is 6. The number of anilines is 1. The normalized spacial score (nSPS) is 11.1. The third kappa shape index (κ3) is 6.78. The highest BCUT2D eigenvalue weighted by Gasteiger charge is 2.15. The maximum absolute atomic E-state index is 12.6. The second-order valence-corrected chi connectivity index (χ2v) is 10.2. The second-order valence-electron chi connectivity index (χ2n) is 6.58. The summed E-state index contributed by atoms with van der Waals surface area (Å²) < 4.78 is 7.38. The lowest BCUT2D eigenvalue weighted by atomic mass is 10.1. The van der Waals surface area contributed by atoms with Crippen molar-refractivity contribution < 1.29 is 9.53 Å². The molecule has 0 bridgehead atoms. The Balaban J connectivity index is 1.79. The predicted octanol–water partition coefficient (Wildman–Crippen LogP) is 8.79. The number of benzene rings is 3. The second kappa shape index (κ2) is 11.8. The standard InChI is InChI=1S/C23H12BrCl4IN2O2/c24-15-7-13(6-14(10-30)23(32)31-20-3-1-2-17(26)21(20)28)9-19(29)22(15)33-11-12-4-5-16(25)18(27)8-12/h1-9H,11H2,(H,31,32)/b14-6-. The van der Waals surface area contributed by atoms with E-state index in [-0.39, 0.29) is 17.2 Å². The average Bonchev–Trinajstić information content (AvgIpc) is 2.77. The van der Waals surface area contributed by atoms with Gasteiger partial charge >= 0.3 is 0 Å². The summed E-state index contributed by atoms with van der Waals surface area (Å²) in [4.78, 5) is 12.6. The first-order chi connectivity index (χ1) is 15.7. The van der Waals surface area contributed by atoms with Gasteiger partial charge in [0.15, 0.2) is 0 Å². The summed E-state index contributed by atoms with van der Waals surface area (Å²) >= 11 is 29.7. The predicted molar refractivity (Wildman–Crippen MR) is 146 cm³/mol. The fourth-order valence-corrected chi connectivity index (χ4v) is 5.13. The van der Waals surface area contributed by atoms with Crippen LogP contribution in [-0.2, 0) is 11.4 Å². The molecule has 3 rings (SSSR count). The molecule has 0 aliphatic rings. The van der Waals surface area contributed by atoms with Crippen LogP contribution in [0, 0.1) is 14.9 Å². The number of rotatable bonds is 6. The molecule has 0 unspecified atom stereocenters. The number of hydrogen-bond acceptors (Lipinski definition) is 3. The van der Waals surface area contributed by atoms with Gasteiger partial charge in [-0.05, 0) is 92.1 Å². The highest BCUT2D eigenvalue weighted by atomic mass is 127. The van der Waals surface area contributed by atoms with E-state index in [1.165, 1.54) is 6.08 Å². The van der Waals surface area contributed by atoms with Gasteiger partial charge < -0.3 is 10.1 Å². The molecule has 0 saturated carbocycles. The number of amides is 1. The molecule has 0 aliphatic carbocycles. The molecule has 33 heavy (non-hydrogen) atoms. The van der Waals surface area contributed by atoms with Crippen LogP contribution in [0.5, 0.6) is 5.75 Å². The summed E-state index contributed by atoms with van der Waals surface area (Å²) in [6.07, 6.45) is 1.48. The zero-order chi connectivity index (χ0) is 24.1. The van der Waals surface area contributed by atoms with Crippen LogP contribution < -0.4 is 10.1 Å². The van der Waals surface area contributed by atoms with Crippen molar-refractivity contribution in [3.63, 3.8) is 0 Å². The molecule has 0 heterocycles. The van der Waals surface area contributed by atoms with Gasteiger partial charge in [-0.1, -0.05) is 58.5 Å². The Hall–Kier alpha value is -1.47. The van der Waals surface area contributed by atoms with Crippen LogP contribution in [-0.4, -0.2) is 5.91 Å². The molecule has 0 fully saturated rings. The minimum atomic E-state index is -0.604. The molecule has 0 aliphatic heterocycles. The fraction of sp³-hybridized carbons (Fsp3) is 0.0435. The Labute approximate surface area is 232 Å². The highest BCUT2D eigenvalue weighted by Crippen LogP contribution is 2.34. The van der Waals surface area contributed by atoms with Crippen molar-refractivity contribution in [1.82, 2.24) is 0 Å². The lowest BCUT2D eigenvalue weighted by Gasteiger charge is -2.12. The van der Waals surface area contributed by atoms with E-state index in [1.807, 2.05) is 12.1 Å². The zero-order valence-electron chi connectivity index (χ0n) is 16.4. The van der Waals surface area contributed by atoms with Gasteiger partial charge in [-0.3, -0.25) is 4.79 Å². The summed E-state index contributed by atoms with van der Waals surface area (Å²) in [5.74, 6) is 0.0141. The van der Waals surface area contributed by atoms with E-state index in [1.54, 1.807) is 42.5 Å². The van der Waals surface area contributed by atoms with E-state index >= 15 is 0 Å². The first kappa shape index (κ1) is 26.1. The molecule has 4 nitrogen and oxygen atoms in total. The SMILES string of the molecule is N#C/C(=C/c1cc(Br)c(OCc2ccc(Cl)c(Cl)c2)c(I)c1)C(=O)Nc1cccc(Cl)c1Cl. The van der Waals surface area contributed by atoms with Crippen LogP contribution in [0.4, 0.5) is 5.69 Å². The first-order valence-corrected chi connectivity index (χ1v) is 12.5. The molecular weight excluding hydrogens is 685 g/mol. The van der Waals surface area contributed by atoms with Gasteiger partial charge in [0.1, 0.15) is 24.0 Å². The van der Waals surface area contributed by atoms with Gasteiger partial charge in [0.25, 0.3) is 5.91 Å². The van der Waals surface area contributed by atoms with Crippen LogP contribution in [0.25, 0.3) is 6.08 Å². The van der Waals surface area contributed by atoms with Crippen molar-refractivity contribution in [3.05, 3.63) is 93.4 Å². The number of hydrogen-bond donors (Lipinski definition) is 1. The number of carbonyl (C=O) groups excluding carboxylic acids is 1. The molecule has 0 atom stereocenters. The van der Waals surface area contributed by atoms with E-state index in [0.717, 1.165) is 9.13 Å². The van der Waals surface area contributed by atoms with Gasteiger partial charge in [0.2, 0.25) is 0 Å². The molecule has 0 spiro atoms. The van der Waals surface area contributed by atoms with E-state index in [2.05, 4.69) is 43.8 Å². The summed E-state index contributed by atoms with van der Waals surface area (Å²) in [6, 6.07) is 15.6. The van der Waals surface area contributed by atoms with Crippen LogP contribution in [0.15, 0.2) is 58.6 Å². The number of carbonyl (C=O) groups is 1. The minimum absolute atomic E-state index is 0.0989. The van der Waals surface area contributed by atoms with E-state index in [0.29, 0.717) is 36.5 Å². The molecule has 3 aromatic rings. The first-order valence-electron chi connectivity index (χ1n) is 9.12. The summed E-state index contributed by atoms with van der Waals surface area (Å²) in [6.45, 7) is 0.285. The van der Waals surface area contributed by atoms with Gasteiger partial charge in [0.05, 0.1) is 33.8 Å². The molecule has 0 aromatic heterocycles. The molecular formula is C23H12BrCl4IN2O2. The maximum Gasteiger partial charge on any atom is 0.266 e. The molecule has 10 heteroatoms. The van der Waals surface area contributed by atoms with Crippen LogP contribution in [0.3, 0.4) is 0 Å². The number of ether oxygens (including phenoxy) is 1. The van der Waals surface area contributed by atoms with E-state index in [9.17, 15) is 10.1 Å². The average molecular weight is 697 g/mol. The van der Waals surface area contributed by atoms with Crippen LogP contribution in [0.1, 0.15) is 11.1 Å². The monoisotopic (exact) mass is 694 g/mol. The topological polar surface area (TPSA) is 62.1 Å². The number of nitrogens with zero attached hydrogens (tertiary/aromatic N) is 1. The molecule has 1 N–H and O–H groups in total. The quantitative estimate of drug-likeness (QED) is 0.159. The number of nitriles is 1. The molecule has 0 saturated heterocycles. The molecule has 3 aromatic carbocycles. The third-order valence-electron chi connectivity index (χ3n) is 4.26.